The van der Waals surface area contributed by atoms with Gasteiger partial charge in [0.05, 0.1) is 12.9 Å². The van der Waals surface area contributed by atoms with Gasteiger partial charge in [-0.2, -0.15) is 0 Å². The van der Waals surface area contributed by atoms with Gasteiger partial charge in [0.15, 0.2) is 0 Å². The Balaban J connectivity index is 2.11. The second kappa shape index (κ2) is 2.93. The highest BCUT2D eigenvalue weighted by Crippen LogP contribution is 2.24. The highest BCUT2D eigenvalue weighted by Gasteiger charge is 2.14. The lowest BCUT2D eigenvalue weighted by atomic mass is 10.1. The summed E-state index contributed by atoms with van der Waals surface area (Å²) in [5.41, 5.74) is 0. The van der Waals surface area contributed by atoms with E-state index >= 15 is 0 Å². The topological polar surface area (TPSA) is 22.4 Å². The van der Waals surface area contributed by atoms with E-state index in [9.17, 15) is 0 Å². The molecule has 0 saturated heterocycles. The minimum absolute atomic E-state index is 0.134. The van der Waals surface area contributed by atoms with Crippen molar-refractivity contribution in [3.05, 3.63) is 36.3 Å². The summed E-state index contributed by atoms with van der Waals surface area (Å²) in [6, 6.07) is 3.83. The third-order valence-corrected chi connectivity index (χ3v) is 1.77. The van der Waals surface area contributed by atoms with Crippen LogP contribution in [-0.4, -0.2) is 6.61 Å². The van der Waals surface area contributed by atoms with Crippen LogP contribution in [0.4, 0.5) is 0 Å². The lowest BCUT2D eigenvalue weighted by Crippen LogP contribution is -2.06. The fraction of sp³-hybridized carbons (Fsp3) is 0.333. The van der Waals surface area contributed by atoms with Gasteiger partial charge in [0, 0.05) is 0 Å². The van der Waals surface area contributed by atoms with Gasteiger partial charge in [0.25, 0.3) is 0 Å². The average molecular weight is 150 g/mol. The largest absolute Gasteiger partial charge is 0.467 e. The van der Waals surface area contributed by atoms with Crippen LogP contribution < -0.4 is 0 Å². The third-order valence-electron chi connectivity index (χ3n) is 1.77. The first-order valence-electron chi connectivity index (χ1n) is 3.77. The monoisotopic (exact) mass is 150 g/mol. The van der Waals surface area contributed by atoms with Crippen LogP contribution in [0.5, 0.6) is 0 Å². The van der Waals surface area contributed by atoms with E-state index in [0.717, 1.165) is 12.2 Å². The van der Waals surface area contributed by atoms with Gasteiger partial charge in [-0.25, -0.2) is 0 Å². The summed E-state index contributed by atoms with van der Waals surface area (Å²) < 4.78 is 10.7. The van der Waals surface area contributed by atoms with Crippen LogP contribution in [0.15, 0.2) is 35.0 Å². The van der Waals surface area contributed by atoms with Crippen molar-refractivity contribution in [2.75, 3.05) is 6.61 Å². The van der Waals surface area contributed by atoms with Gasteiger partial charge in [-0.1, -0.05) is 12.2 Å². The van der Waals surface area contributed by atoms with Crippen molar-refractivity contribution >= 4 is 0 Å². The SMILES string of the molecule is C1=CCC(c2ccco2)OC1. The number of rotatable bonds is 1. The van der Waals surface area contributed by atoms with Gasteiger partial charge < -0.3 is 9.15 Å². The van der Waals surface area contributed by atoms with Crippen molar-refractivity contribution in [3.8, 4) is 0 Å². The zero-order valence-corrected chi connectivity index (χ0v) is 6.19. The minimum Gasteiger partial charge on any atom is -0.467 e. The molecule has 0 saturated carbocycles. The molecule has 0 radical (unpaired) electrons. The third kappa shape index (κ3) is 1.35. The van der Waals surface area contributed by atoms with Crippen LogP contribution in [-0.2, 0) is 4.74 Å². The molecule has 0 amide bonds. The first kappa shape index (κ1) is 6.68. The van der Waals surface area contributed by atoms with E-state index in [2.05, 4.69) is 6.08 Å². The summed E-state index contributed by atoms with van der Waals surface area (Å²) in [5, 5.41) is 0. The number of furan rings is 1. The zero-order chi connectivity index (χ0) is 7.52. The summed E-state index contributed by atoms with van der Waals surface area (Å²) in [4.78, 5) is 0. The Morgan fingerprint density at radius 2 is 2.36 bits per heavy atom. The van der Waals surface area contributed by atoms with E-state index in [1.807, 2.05) is 18.2 Å². The van der Waals surface area contributed by atoms with E-state index in [4.69, 9.17) is 9.15 Å². The lowest BCUT2D eigenvalue weighted by Gasteiger charge is -2.15. The van der Waals surface area contributed by atoms with Crippen LogP contribution in [0.2, 0.25) is 0 Å². The molecule has 0 N–H and O–H groups in total. The van der Waals surface area contributed by atoms with Crippen molar-refractivity contribution in [2.24, 2.45) is 0 Å². The maximum Gasteiger partial charge on any atom is 0.132 e. The van der Waals surface area contributed by atoms with E-state index in [0.29, 0.717) is 6.61 Å². The second-order valence-electron chi connectivity index (χ2n) is 2.54. The fourth-order valence-corrected chi connectivity index (χ4v) is 1.20. The molecule has 0 fully saturated rings. The Morgan fingerprint density at radius 1 is 1.36 bits per heavy atom. The van der Waals surface area contributed by atoms with E-state index in [1.165, 1.54) is 0 Å². The molecule has 2 rings (SSSR count). The van der Waals surface area contributed by atoms with Gasteiger partial charge in [0.2, 0.25) is 0 Å². The summed E-state index contributed by atoms with van der Waals surface area (Å²) in [6.45, 7) is 0.700. The van der Waals surface area contributed by atoms with Crippen LogP contribution >= 0.6 is 0 Å². The Bertz CT molecular complexity index is 236. The van der Waals surface area contributed by atoms with Crippen LogP contribution in [0.25, 0.3) is 0 Å². The molecule has 58 valence electrons. The normalized spacial score (nSPS) is 23.8. The standard InChI is InChI=1S/C9H10O2/c1-2-6-10-8(4-1)9-5-3-7-11-9/h1-3,5,7-8H,4,6H2. The molecule has 0 aromatic carbocycles. The summed E-state index contributed by atoms with van der Waals surface area (Å²) in [6.07, 6.45) is 6.88. The Kier molecular flexibility index (Phi) is 1.78. The van der Waals surface area contributed by atoms with Crippen molar-refractivity contribution in [2.45, 2.75) is 12.5 Å². The quantitative estimate of drug-likeness (QED) is 0.573. The molecule has 1 aliphatic rings. The Morgan fingerprint density at radius 3 is 3.00 bits per heavy atom. The molecule has 1 aromatic heterocycles. The highest BCUT2D eigenvalue weighted by atomic mass is 16.5. The van der Waals surface area contributed by atoms with Crippen molar-refractivity contribution in [3.63, 3.8) is 0 Å². The Hall–Kier alpha value is -1.02. The maximum atomic E-state index is 5.44. The van der Waals surface area contributed by atoms with Gasteiger partial charge in [0.1, 0.15) is 11.9 Å². The van der Waals surface area contributed by atoms with Gasteiger partial charge in [-0.05, 0) is 18.6 Å². The van der Waals surface area contributed by atoms with Gasteiger partial charge in [-0.15, -0.1) is 0 Å². The lowest BCUT2D eigenvalue weighted by molar-refractivity contribution is 0.0514. The number of hydrogen-bond acceptors (Lipinski definition) is 2. The van der Waals surface area contributed by atoms with E-state index in [-0.39, 0.29) is 6.10 Å². The zero-order valence-electron chi connectivity index (χ0n) is 6.19. The molecule has 1 atom stereocenters. The number of hydrogen-bond donors (Lipinski definition) is 0. The van der Waals surface area contributed by atoms with E-state index < -0.39 is 0 Å². The molecule has 0 bridgehead atoms. The molecule has 0 aliphatic carbocycles. The molecule has 2 heteroatoms. The first-order valence-corrected chi connectivity index (χ1v) is 3.77. The predicted octanol–water partition coefficient (Wildman–Crippen LogP) is 2.30. The minimum atomic E-state index is 0.134. The van der Waals surface area contributed by atoms with Crippen LogP contribution in [0.1, 0.15) is 18.3 Å². The van der Waals surface area contributed by atoms with Gasteiger partial charge >= 0.3 is 0 Å². The molecular formula is C9H10O2. The van der Waals surface area contributed by atoms with Crippen molar-refractivity contribution in [1.29, 1.82) is 0 Å². The molecule has 0 spiro atoms. The van der Waals surface area contributed by atoms with Gasteiger partial charge in [-0.3, -0.25) is 0 Å². The number of ether oxygens (including phenoxy) is 1. The molecule has 2 heterocycles. The van der Waals surface area contributed by atoms with Crippen LogP contribution in [0.3, 0.4) is 0 Å². The average Bonchev–Trinajstić information content (AvgIpc) is 2.58. The maximum absolute atomic E-state index is 5.44. The van der Waals surface area contributed by atoms with Crippen molar-refractivity contribution < 1.29 is 9.15 Å². The first-order chi connectivity index (χ1) is 5.47. The highest BCUT2D eigenvalue weighted by molar-refractivity contribution is 5.06. The summed E-state index contributed by atoms with van der Waals surface area (Å²) >= 11 is 0. The smallest absolute Gasteiger partial charge is 0.132 e. The van der Waals surface area contributed by atoms with Crippen LogP contribution in [0, 0.1) is 0 Å². The Labute approximate surface area is 65.5 Å². The fourth-order valence-electron chi connectivity index (χ4n) is 1.20. The molecule has 1 aliphatic heterocycles. The molecule has 1 unspecified atom stereocenters. The molecule has 2 nitrogen and oxygen atoms in total. The molecule has 1 aromatic rings. The predicted molar refractivity (Wildman–Crippen MR) is 41.2 cm³/mol. The second-order valence-corrected chi connectivity index (χ2v) is 2.54. The van der Waals surface area contributed by atoms with Crippen molar-refractivity contribution in [1.82, 2.24) is 0 Å². The molecular weight excluding hydrogens is 140 g/mol. The summed E-state index contributed by atoms with van der Waals surface area (Å²) in [7, 11) is 0. The van der Waals surface area contributed by atoms with E-state index in [1.54, 1.807) is 6.26 Å². The summed E-state index contributed by atoms with van der Waals surface area (Å²) in [5.74, 6) is 0.925. The molecule has 11 heavy (non-hydrogen) atoms.